The number of aliphatic hydroxyl groups excluding tert-OH is 1. The van der Waals surface area contributed by atoms with Crippen LogP contribution in [0.1, 0.15) is 35.7 Å². The van der Waals surface area contributed by atoms with Crippen molar-refractivity contribution in [2.45, 2.75) is 39.7 Å². The van der Waals surface area contributed by atoms with Crippen molar-refractivity contribution in [3.05, 3.63) is 52.7 Å². The Balaban J connectivity index is 2.06. The SMILES string of the molecule is CCc1cc(CO)cc(N2CCCc3cc(C)ccc32)n1. The van der Waals surface area contributed by atoms with Crippen LogP contribution in [0.3, 0.4) is 0 Å². The first-order chi connectivity index (χ1) is 10.2. The van der Waals surface area contributed by atoms with Crippen LogP contribution in [0.2, 0.25) is 0 Å². The van der Waals surface area contributed by atoms with Crippen LogP contribution in [-0.4, -0.2) is 16.6 Å². The minimum atomic E-state index is 0.0666. The molecule has 0 spiro atoms. The number of hydrogen-bond acceptors (Lipinski definition) is 3. The molecular weight excluding hydrogens is 260 g/mol. The Kier molecular flexibility index (Phi) is 3.93. The molecule has 0 amide bonds. The van der Waals surface area contributed by atoms with Crippen molar-refractivity contribution >= 4 is 11.5 Å². The van der Waals surface area contributed by atoms with Crippen molar-refractivity contribution in [1.29, 1.82) is 0 Å². The van der Waals surface area contributed by atoms with Crippen LogP contribution in [0.4, 0.5) is 11.5 Å². The van der Waals surface area contributed by atoms with Gasteiger partial charge in [-0.1, -0.05) is 24.6 Å². The summed E-state index contributed by atoms with van der Waals surface area (Å²) in [6, 6.07) is 10.6. The van der Waals surface area contributed by atoms with Gasteiger partial charge in [0.15, 0.2) is 0 Å². The largest absolute Gasteiger partial charge is 0.392 e. The molecule has 0 aliphatic carbocycles. The zero-order chi connectivity index (χ0) is 14.8. The number of aliphatic hydroxyl groups is 1. The van der Waals surface area contributed by atoms with Gasteiger partial charge in [0.2, 0.25) is 0 Å². The van der Waals surface area contributed by atoms with E-state index in [2.05, 4.69) is 36.9 Å². The first-order valence-electron chi connectivity index (χ1n) is 7.69. The maximum absolute atomic E-state index is 9.47. The van der Waals surface area contributed by atoms with Gasteiger partial charge in [0.25, 0.3) is 0 Å². The maximum Gasteiger partial charge on any atom is 0.133 e. The molecule has 0 fully saturated rings. The highest BCUT2D eigenvalue weighted by molar-refractivity contribution is 5.66. The van der Waals surface area contributed by atoms with E-state index in [0.717, 1.165) is 42.9 Å². The van der Waals surface area contributed by atoms with Gasteiger partial charge < -0.3 is 10.0 Å². The molecule has 1 aliphatic heterocycles. The number of nitrogens with zero attached hydrogens (tertiary/aromatic N) is 2. The van der Waals surface area contributed by atoms with Crippen molar-refractivity contribution in [1.82, 2.24) is 4.98 Å². The van der Waals surface area contributed by atoms with Gasteiger partial charge >= 0.3 is 0 Å². The minimum Gasteiger partial charge on any atom is -0.392 e. The van der Waals surface area contributed by atoms with Crippen LogP contribution >= 0.6 is 0 Å². The summed E-state index contributed by atoms with van der Waals surface area (Å²) in [4.78, 5) is 7.05. The Morgan fingerprint density at radius 3 is 2.86 bits per heavy atom. The highest BCUT2D eigenvalue weighted by Gasteiger charge is 2.19. The second kappa shape index (κ2) is 5.86. The number of fused-ring (bicyclic) bond motifs is 1. The molecule has 2 heterocycles. The molecule has 1 aromatic carbocycles. The highest BCUT2D eigenvalue weighted by atomic mass is 16.3. The number of hydrogen-bond donors (Lipinski definition) is 1. The normalized spacial score (nSPS) is 14.1. The Morgan fingerprint density at radius 1 is 1.24 bits per heavy atom. The molecule has 0 radical (unpaired) electrons. The van der Waals surface area contributed by atoms with Crippen molar-refractivity contribution in [3.8, 4) is 0 Å². The monoisotopic (exact) mass is 282 g/mol. The zero-order valence-electron chi connectivity index (χ0n) is 12.8. The van der Waals surface area contributed by atoms with E-state index in [-0.39, 0.29) is 6.61 Å². The Hall–Kier alpha value is -1.87. The van der Waals surface area contributed by atoms with Gasteiger partial charge in [-0.15, -0.1) is 0 Å². The van der Waals surface area contributed by atoms with Gasteiger partial charge in [0.05, 0.1) is 6.61 Å². The molecule has 3 nitrogen and oxygen atoms in total. The summed E-state index contributed by atoms with van der Waals surface area (Å²) in [5.74, 6) is 0.961. The van der Waals surface area contributed by atoms with Gasteiger partial charge in [-0.3, -0.25) is 0 Å². The second-order valence-corrected chi connectivity index (χ2v) is 5.72. The average molecular weight is 282 g/mol. The molecule has 3 heteroatoms. The number of aryl methyl sites for hydroxylation is 3. The molecule has 0 saturated heterocycles. The van der Waals surface area contributed by atoms with Crippen LogP contribution in [0.25, 0.3) is 0 Å². The summed E-state index contributed by atoms with van der Waals surface area (Å²) in [7, 11) is 0. The van der Waals surface area contributed by atoms with E-state index in [9.17, 15) is 5.11 Å². The predicted molar refractivity (Wildman–Crippen MR) is 86.0 cm³/mol. The topological polar surface area (TPSA) is 36.4 Å². The molecule has 1 aromatic heterocycles. The van der Waals surface area contributed by atoms with E-state index in [1.807, 2.05) is 12.1 Å². The third-order valence-electron chi connectivity index (χ3n) is 4.10. The highest BCUT2D eigenvalue weighted by Crippen LogP contribution is 2.33. The molecule has 1 N–H and O–H groups in total. The fourth-order valence-corrected chi connectivity index (χ4v) is 3.01. The Bertz CT molecular complexity index is 629. The number of aromatic nitrogens is 1. The predicted octanol–water partition coefficient (Wildman–Crippen LogP) is 3.53. The molecule has 21 heavy (non-hydrogen) atoms. The molecule has 0 atom stereocenters. The lowest BCUT2D eigenvalue weighted by molar-refractivity contribution is 0.281. The van der Waals surface area contributed by atoms with Gasteiger partial charge in [-0.05, 0) is 55.5 Å². The van der Waals surface area contributed by atoms with Crippen LogP contribution in [0.15, 0.2) is 30.3 Å². The summed E-state index contributed by atoms with van der Waals surface area (Å²) in [5, 5.41) is 9.47. The summed E-state index contributed by atoms with van der Waals surface area (Å²) < 4.78 is 0. The van der Waals surface area contributed by atoms with Crippen LogP contribution < -0.4 is 4.90 Å². The first-order valence-corrected chi connectivity index (χ1v) is 7.69. The molecular formula is C18H22N2O. The third kappa shape index (κ3) is 2.79. The molecule has 110 valence electrons. The van der Waals surface area contributed by atoms with E-state index >= 15 is 0 Å². The standard InChI is InChI=1S/C18H22N2O/c1-3-16-10-14(12-21)11-18(19-16)20-8-4-5-15-9-13(2)6-7-17(15)20/h6-7,9-11,21H,3-5,8,12H2,1-2H3. The number of rotatable bonds is 3. The third-order valence-corrected chi connectivity index (χ3v) is 4.10. The lowest BCUT2D eigenvalue weighted by Gasteiger charge is -2.31. The van der Waals surface area contributed by atoms with Gasteiger partial charge in [-0.2, -0.15) is 0 Å². The van der Waals surface area contributed by atoms with Crippen molar-refractivity contribution in [2.75, 3.05) is 11.4 Å². The van der Waals surface area contributed by atoms with E-state index < -0.39 is 0 Å². The minimum absolute atomic E-state index is 0.0666. The lowest BCUT2D eigenvalue weighted by Crippen LogP contribution is -2.25. The van der Waals surface area contributed by atoms with Crippen LogP contribution in [0.5, 0.6) is 0 Å². The second-order valence-electron chi connectivity index (χ2n) is 5.72. The molecule has 0 saturated carbocycles. The quantitative estimate of drug-likeness (QED) is 0.935. The Labute approximate surface area is 126 Å². The Morgan fingerprint density at radius 2 is 2.10 bits per heavy atom. The van der Waals surface area contributed by atoms with E-state index in [0.29, 0.717) is 0 Å². The van der Waals surface area contributed by atoms with E-state index in [4.69, 9.17) is 4.98 Å². The molecule has 3 rings (SSSR count). The van der Waals surface area contributed by atoms with Gasteiger partial charge in [0, 0.05) is 17.9 Å². The fourth-order valence-electron chi connectivity index (χ4n) is 3.01. The molecule has 1 aliphatic rings. The van der Waals surface area contributed by atoms with Crippen LogP contribution in [-0.2, 0) is 19.4 Å². The van der Waals surface area contributed by atoms with E-state index in [1.165, 1.54) is 16.8 Å². The first kappa shape index (κ1) is 14.1. The maximum atomic E-state index is 9.47. The lowest BCUT2D eigenvalue weighted by atomic mass is 9.99. The number of pyridine rings is 1. The van der Waals surface area contributed by atoms with Crippen LogP contribution in [0, 0.1) is 6.92 Å². The summed E-state index contributed by atoms with van der Waals surface area (Å²) in [6.07, 6.45) is 3.16. The number of anilines is 2. The molecule has 2 aromatic rings. The van der Waals surface area contributed by atoms with Gasteiger partial charge in [-0.25, -0.2) is 4.98 Å². The summed E-state index contributed by atoms with van der Waals surface area (Å²) in [6.45, 7) is 5.29. The zero-order valence-corrected chi connectivity index (χ0v) is 12.8. The van der Waals surface area contributed by atoms with Crippen molar-refractivity contribution in [2.24, 2.45) is 0 Å². The van der Waals surface area contributed by atoms with Crippen molar-refractivity contribution in [3.63, 3.8) is 0 Å². The number of benzene rings is 1. The average Bonchev–Trinajstić information content (AvgIpc) is 2.53. The summed E-state index contributed by atoms with van der Waals surface area (Å²) >= 11 is 0. The summed E-state index contributed by atoms with van der Waals surface area (Å²) in [5.41, 5.74) is 5.95. The molecule has 0 bridgehead atoms. The van der Waals surface area contributed by atoms with Gasteiger partial charge in [0.1, 0.15) is 5.82 Å². The molecule has 0 unspecified atom stereocenters. The van der Waals surface area contributed by atoms with Crippen molar-refractivity contribution < 1.29 is 5.11 Å². The van der Waals surface area contributed by atoms with E-state index in [1.54, 1.807) is 0 Å². The fraction of sp³-hybridized carbons (Fsp3) is 0.389. The smallest absolute Gasteiger partial charge is 0.133 e.